The maximum Gasteiger partial charge on any atom is 0.273 e. The zero-order valence-corrected chi connectivity index (χ0v) is 20.1. The normalized spacial score (nSPS) is 13.1. The van der Waals surface area contributed by atoms with Crippen LogP contribution in [0.25, 0.3) is 21.5 Å². The second kappa shape index (κ2) is 8.64. The van der Waals surface area contributed by atoms with Gasteiger partial charge in [-0.05, 0) is 43.1 Å². The Balaban J connectivity index is 1.44. The fraction of sp³-hybridized carbons (Fsp3) is 0.250. The number of aryl methyl sites for hydroxylation is 2. The molecule has 1 amide bonds. The first kappa shape index (κ1) is 21.7. The number of fused-ring (bicyclic) bond motifs is 2. The first-order valence-electron chi connectivity index (χ1n) is 10.5. The maximum atomic E-state index is 13.1. The molecule has 0 atom stereocenters. The molecule has 0 bridgehead atoms. The Kier molecular flexibility index (Phi) is 5.67. The summed E-state index contributed by atoms with van der Waals surface area (Å²) in [6, 6.07) is 13.8. The predicted molar refractivity (Wildman–Crippen MR) is 133 cm³/mol. The molecule has 168 valence electrons. The Bertz CT molecular complexity index is 1430. The van der Waals surface area contributed by atoms with Crippen LogP contribution in [0.3, 0.4) is 0 Å². The largest absolute Gasteiger partial charge is 0.490 e. The molecule has 2 aromatic carbocycles. The first-order chi connectivity index (χ1) is 15.9. The predicted octanol–water partition coefficient (Wildman–Crippen LogP) is 4.19. The monoisotopic (exact) mass is 478 g/mol. The van der Waals surface area contributed by atoms with Crippen LogP contribution in [-0.2, 0) is 11.8 Å². The number of benzene rings is 2. The van der Waals surface area contributed by atoms with E-state index in [9.17, 15) is 9.59 Å². The molecule has 4 aromatic rings. The van der Waals surface area contributed by atoms with Gasteiger partial charge in [-0.25, -0.2) is 4.98 Å². The lowest BCUT2D eigenvalue weighted by molar-refractivity contribution is -0.116. The topological polar surface area (TPSA) is 77.3 Å². The molecule has 0 saturated carbocycles. The molecular weight excluding hydrogens is 456 g/mol. The first-order valence-corrected chi connectivity index (χ1v) is 12.3. The molecule has 5 rings (SSSR count). The van der Waals surface area contributed by atoms with E-state index in [2.05, 4.69) is 4.37 Å². The summed E-state index contributed by atoms with van der Waals surface area (Å²) in [7, 11) is 1.68. The second-order valence-corrected chi connectivity index (χ2v) is 9.70. The number of aromatic nitrogens is 3. The number of anilines is 1. The molecular formula is C24H22N4O3S2. The number of thioether (sulfide) groups is 1. The molecule has 7 nitrogen and oxygen atoms in total. The van der Waals surface area contributed by atoms with Crippen molar-refractivity contribution < 1.29 is 9.53 Å². The van der Waals surface area contributed by atoms with E-state index in [1.54, 1.807) is 11.9 Å². The summed E-state index contributed by atoms with van der Waals surface area (Å²) in [5.74, 6) is 0.826. The summed E-state index contributed by atoms with van der Waals surface area (Å²) >= 11 is 2.42. The van der Waals surface area contributed by atoms with Crippen molar-refractivity contribution in [2.75, 3.05) is 23.8 Å². The van der Waals surface area contributed by atoms with Crippen molar-refractivity contribution in [3.63, 3.8) is 0 Å². The lowest BCUT2D eigenvalue weighted by Crippen LogP contribution is -2.39. The van der Waals surface area contributed by atoms with Crippen molar-refractivity contribution in [1.29, 1.82) is 0 Å². The van der Waals surface area contributed by atoms with E-state index in [1.807, 2.05) is 56.3 Å². The standard InChI is InChI=1S/C24H22N4O3S2/c1-14-4-7-16(8-5-14)20-21-22(33-26-20)23(30)27(3)24(25-21)32-13-19(29)28-10-11-31-18-9-6-15(2)12-17(18)28/h4-9,12H,10-11,13H2,1-3H3. The highest BCUT2D eigenvalue weighted by Gasteiger charge is 2.25. The van der Waals surface area contributed by atoms with Crippen LogP contribution in [0.15, 0.2) is 52.4 Å². The van der Waals surface area contributed by atoms with Gasteiger partial charge in [0.2, 0.25) is 5.91 Å². The molecule has 2 aromatic heterocycles. The third-order valence-corrected chi connectivity index (χ3v) is 7.43. The van der Waals surface area contributed by atoms with Crippen LogP contribution in [0.1, 0.15) is 11.1 Å². The zero-order chi connectivity index (χ0) is 23.1. The Morgan fingerprint density at radius 1 is 1.15 bits per heavy atom. The molecule has 1 aliphatic heterocycles. The van der Waals surface area contributed by atoms with E-state index >= 15 is 0 Å². The van der Waals surface area contributed by atoms with Gasteiger partial charge in [-0.15, -0.1) is 0 Å². The summed E-state index contributed by atoms with van der Waals surface area (Å²) in [6.45, 7) is 4.96. The van der Waals surface area contributed by atoms with Gasteiger partial charge in [-0.3, -0.25) is 14.2 Å². The Hall–Kier alpha value is -3.17. The van der Waals surface area contributed by atoms with E-state index in [0.29, 0.717) is 40.0 Å². The number of carbonyl (C=O) groups excluding carboxylic acids is 1. The van der Waals surface area contributed by atoms with Crippen LogP contribution >= 0.6 is 23.3 Å². The van der Waals surface area contributed by atoms with Crippen LogP contribution in [0.2, 0.25) is 0 Å². The summed E-state index contributed by atoms with van der Waals surface area (Å²) < 4.78 is 12.2. The van der Waals surface area contributed by atoms with E-state index in [4.69, 9.17) is 9.72 Å². The molecule has 1 aliphatic rings. The van der Waals surface area contributed by atoms with Crippen LogP contribution in [0.4, 0.5) is 5.69 Å². The highest BCUT2D eigenvalue weighted by atomic mass is 32.2. The molecule has 0 aliphatic carbocycles. The Labute approximate surface area is 199 Å². The SMILES string of the molecule is Cc1ccc(-c2nsc3c(=O)n(C)c(SCC(=O)N4CCOc5ccc(C)cc54)nc23)cc1. The van der Waals surface area contributed by atoms with Crippen LogP contribution < -0.4 is 15.2 Å². The Morgan fingerprint density at radius 2 is 1.91 bits per heavy atom. The molecule has 0 N–H and O–H groups in total. The minimum atomic E-state index is -0.154. The van der Waals surface area contributed by atoms with Gasteiger partial charge in [0.1, 0.15) is 28.3 Å². The summed E-state index contributed by atoms with van der Waals surface area (Å²) in [5.41, 5.74) is 5.03. The van der Waals surface area contributed by atoms with E-state index < -0.39 is 0 Å². The van der Waals surface area contributed by atoms with Crippen LogP contribution in [-0.4, -0.2) is 38.7 Å². The molecule has 9 heteroatoms. The van der Waals surface area contributed by atoms with Gasteiger partial charge in [-0.2, -0.15) is 4.37 Å². The third kappa shape index (κ3) is 4.02. The highest BCUT2D eigenvalue weighted by Crippen LogP contribution is 2.33. The van der Waals surface area contributed by atoms with Gasteiger partial charge in [0.05, 0.1) is 18.0 Å². The number of rotatable bonds is 4. The quantitative estimate of drug-likeness (QED) is 0.323. The average Bonchev–Trinajstić information content (AvgIpc) is 3.24. The third-order valence-electron chi connectivity index (χ3n) is 5.59. The second-order valence-electron chi connectivity index (χ2n) is 7.99. The van der Waals surface area contributed by atoms with Gasteiger partial charge in [0.25, 0.3) is 5.56 Å². The van der Waals surface area contributed by atoms with Gasteiger partial charge in [0, 0.05) is 12.6 Å². The molecule has 0 spiro atoms. The molecule has 0 fully saturated rings. The molecule has 33 heavy (non-hydrogen) atoms. The van der Waals surface area contributed by atoms with Crippen LogP contribution in [0, 0.1) is 13.8 Å². The maximum absolute atomic E-state index is 13.1. The lowest BCUT2D eigenvalue weighted by Gasteiger charge is -2.29. The van der Waals surface area contributed by atoms with E-state index in [1.165, 1.54) is 16.3 Å². The number of amides is 1. The number of ether oxygens (including phenoxy) is 1. The van der Waals surface area contributed by atoms with Crippen molar-refractivity contribution in [1.82, 2.24) is 13.9 Å². The van der Waals surface area contributed by atoms with Gasteiger partial charge in [0.15, 0.2) is 5.16 Å². The summed E-state index contributed by atoms with van der Waals surface area (Å²) in [4.78, 5) is 32.6. The van der Waals surface area contributed by atoms with Gasteiger partial charge < -0.3 is 9.64 Å². The smallest absolute Gasteiger partial charge is 0.273 e. The summed E-state index contributed by atoms with van der Waals surface area (Å²) in [6.07, 6.45) is 0. The number of carbonyl (C=O) groups is 1. The van der Waals surface area contributed by atoms with Crippen molar-refractivity contribution in [3.05, 3.63) is 63.9 Å². The average molecular weight is 479 g/mol. The molecule has 0 saturated heterocycles. The minimum absolute atomic E-state index is 0.0494. The van der Waals surface area contributed by atoms with Crippen molar-refractivity contribution in [3.8, 4) is 17.0 Å². The van der Waals surface area contributed by atoms with Gasteiger partial charge >= 0.3 is 0 Å². The molecule has 3 heterocycles. The number of hydrogen-bond acceptors (Lipinski definition) is 7. The summed E-state index contributed by atoms with van der Waals surface area (Å²) in [5, 5.41) is 0.493. The number of nitrogens with zero attached hydrogens (tertiary/aromatic N) is 4. The fourth-order valence-corrected chi connectivity index (χ4v) is 5.42. The van der Waals surface area contributed by atoms with E-state index in [0.717, 1.165) is 33.9 Å². The molecule has 0 unspecified atom stereocenters. The lowest BCUT2D eigenvalue weighted by atomic mass is 10.1. The van der Waals surface area contributed by atoms with E-state index in [-0.39, 0.29) is 17.2 Å². The van der Waals surface area contributed by atoms with Crippen LogP contribution in [0.5, 0.6) is 5.75 Å². The minimum Gasteiger partial charge on any atom is -0.490 e. The molecule has 0 radical (unpaired) electrons. The van der Waals surface area contributed by atoms with Crippen molar-refractivity contribution in [2.24, 2.45) is 7.05 Å². The van der Waals surface area contributed by atoms with Crippen molar-refractivity contribution >= 4 is 45.1 Å². The number of hydrogen-bond donors (Lipinski definition) is 0. The fourth-order valence-electron chi connectivity index (χ4n) is 3.76. The van der Waals surface area contributed by atoms with Gasteiger partial charge in [-0.1, -0.05) is 47.7 Å². The highest BCUT2D eigenvalue weighted by molar-refractivity contribution is 7.99. The Morgan fingerprint density at radius 3 is 2.70 bits per heavy atom. The van der Waals surface area contributed by atoms with Crippen molar-refractivity contribution in [2.45, 2.75) is 19.0 Å². The zero-order valence-electron chi connectivity index (χ0n) is 18.5.